The van der Waals surface area contributed by atoms with Crippen LogP contribution in [0.4, 0.5) is 0 Å². The normalized spacial score (nSPS) is 23.9. The molecule has 2 rings (SSSR count). The third-order valence-corrected chi connectivity index (χ3v) is 5.45. The number of benzene rings is 1. The van der Waals surface area contributed by atoms with Crippen LogP contribution in [0.3, 0.4) is 0 Å². The van der Waals surface area contributed by atoms with Crippen LogP contribution in [0.15, 0.2) is 21.1 Å². The topological polar surface area (TPSA) is 35.2 Å². The number of nitrogens with two attached hydrogens (primary N) is 1. The van der Waals surface area contributed by atoms with Crippen LogP contribution < -0.4 is 10.5 Å². The van der Waals surface area contributed by atoms with Crippen molar-refractivity contribution >= 4 is 31.9 Å². The average molecular weight is 419 g/mol. The lowest BCUT2D eigenvalue weighted by molar-refractivity contribution is 0.128. The maximum atomic E-state index is 6.24. The van der Waals surface area contributed by atoms with Gasteiger partial charge < -0.3 is 10.5 Å². The Kier molecular flexibility index (Phi) is 6.57. The minimum absolute atomic E-state index is 0.167. The van der Waals surface area contributed by atoms with Crippen molar-refractivity contribution < 1.29 is 4.74 Å². The summed E-state index contributed by atoms with van der Waals surface area (Å²) in [4.78, 5) is 0. The molecule has 0 saturated heterocycles. The Morgan fingerprint density at radius 3 is 2.24 bits per heavy atom. The van der Waals surface area contributed by atoms with Gasteiger partial charge in [-0.1, -0.05) is 13.3 Å². The second kappa shape index (κ2) is 7.98. The summed E-state index contributed by atoms with van der Waals surface area (Å²) in [5, 5.41) is 0. The third-order valence-electron chi connectivity index (χ3n) is 4.27. The molecule has 0 amide bonds. The average Bonchev–Trinajstić information content (AvgIpc) is 2.43. The van der Waals surface area contributed by atoms with Crippen LogP contribution in [0, 0.1) is 5.92 Å². The number of hydrogen-bond acceptors (Lipinski definition) is 2. The van der Waals surface area contributed by atoms with Gasteiger partial charge in [0.25, 0.3) is 0 Å². The Morgan fingerprint density at radius 2 is 1.76 bits per heavy atom. The number of hydrogen-bond donors (Lipinski definition) is 1. The van der Waals surface area contributed by atoms with E-state index in [0.717, 1.165) is 27.0 Å². The van der Waals surface area contributed by atoms with E-state index < -0.39 is 0 Å². The summed E-state index contributed by atoms with van der Waals surface area (Å²) in [7, 11) is 0. The lowest BCUT2D eigenvalue weighted by atomic mass is 9.86. The van der Waals surface area contributed by atoms with E-state index in [9.17, 15) is 0 Å². The van der Waals surface area contributed by atoms with Gasteiger partial charge in [0.05, 0.1) is 15.0 Å². The van der Waals surface area contributed by atoms with E-state index >= 15 is 0 Å². The standard InChI is InChI=1S/C17H25Br2NO/c1-3-12-4-6-14(7-5-12)21-17-15(18)9-13(8-11(2)20)10-16(17)19/h9-12,14H,3-8,20H2,1-2H3. The van der Waals surface area contributed by atoms with Crippen molar-refractivity contribution in [3.05, 3.63) is 26.6 Å². The lowest BCUT2D eigenvalue weighted by Crippen LogP contribution is -2.24. The number of halogens is 2. The van der Waals surface area contributed by atoms with Crippen molar-refractivity contribution in [2.24, 2.45) is 11.7 Å². The van der Waals surface area contributed by atoms with Crippen LogP contribution in [0.1, 0.15) is 51.5 Å². The van der Waals surface area contributed by atoms with Gasteiger partial charge in [0.2, 0.25) is 0 Å². The largest absolute Gasteiger partial charge is 0.488 e. The van der Waals surface area contributed by atoms with Crippen LogP contribution >= 0.6 is 31.9 Å². The van der Waals surface area contributed by atoms with Crippen LogP contribution in [0.5, 0.6) is 5.75 Å². The summed E-state index contributed by atoms with van der Waals surface area (Å²) < 4.78 is 8.28. The minimum atomic E-state index is 0.167. The first-order chi connectivity index (χ1) is 9.99. The predicted molar refractivity (Wildman–Crippen MR) is 95.9 cm³/mol. The van der Waals surface area contributed by atoms with E-state index in [2.05, 4.69) is 50.9 Å². The summed E-state index contributed by atoms with van der Waals surface area (Å²) in [6.07, 6.45) is 7.43. The second-order valence-corrected chi connectivity index (χ2v) is 7.95. The summed E-state index contributed by atoms with van der Waals surface area (Å²) in [6, 6.07) is 4.42. The Balaban J connectivity index is 2.03. The number of rotatable bonds is 5. The molecule has 1 saturated carbocycles. The van der Waals surface area contributed by atoms with Gasteiger partial charge in [0, 0.05) is 6.04 Å². The fourth-order valence-electron chi connectivity index (χ4n) is 3.04. The van der Waals surface area contributed by atoms with Gasteiger partial charge in [-0.2, -0.15) is 0 Å². The molecule has 1 atom stereocenters. The molecule has 1 aromatic carbocycles. The highest BCUT2D eigenvalue weighted by Crippen LogP contribution is 2.38. The zero-order valence-corrected chi connectivity index (χ0v) is 16.0. The zero-order valence-electron chi connectivity index (χ0n) is 12.9. The monoisotopic (exact) mass is 417 g/mol. The molecule has 1 aliphatic rings. The molecular weight excluding hydrogens is 394 g/mol. The molecule has 118 valence electrons. The fourth-order valence-corrected chi connectivity index (χ4v) is 4.51. The first-order valence-corrected chi connectivity index (χ1v) is 9.48. The second-order valence-electron chi connectivity index (χ2n) is 6.24. The Bertz CT molecular complexity index is 445. The maximum Gasteiger partial charge on any atom is 0.148 e. The minimum Gasteiger partial charge on any atom is -0.488 e. The molecule has 2 N–H and O–H groups in total. The molecule has 0 aromatic heterocycles. The zero-order chi connectivity index (χ0) is 15.4. The highest BCUT2D eigenvalue weighted by atomic mass is 79.9. The van der Waals surface area contributed by atoms with E-state index in [1.165, 1.54) is 37.7 Å². The van der Waals surface area contributed by atoms with Gasteiger partial charge in [-0.3, -0.25) is 0 Å². The molecule has 1 aliphatic carbocycles. The molecule has 1 unspecified atom stereocenters. The molecule has 1 fully saturated rings. The Labute approximate surface area is 145 Å². The fraction of sp³-hybridized carbons (Fsp3) is 0.647. The first kappa shape index (κ1) is 17.3. The molecule has 2 nitrogen and oxygen atoms in total. The highest BCUT2D eigenvalue weighted by molar-refractivity contribution is 9.11. The van der Waals surface area contributed by atoms with E-state index in [1.807, 2.05) is 6.92 Å². The summed E-state index contributed by atoms with van der Waals surface area (Å²) in [5.74, 6) is 1.83. The third kappa shape index (κ3) is 4.97. The lowest BCUT2D eigenvalue weighted by Gasteiger charge is -2.29. The van der Waals surface area contributed by atoms with Crippen molar-refractivity contribution in [1.29, 1.82) is 0 Å². The molecule has 1 aromatic rings. The molecule has 0 spiro atoms. The predicted octanol–water partition coefficient (Wildman–Crippen LogP) is 5.45. The van der Waals surface area contributed by atoms with Crippen molar-refractivity contribution in [2.75, 3.05) is 0 Å². The quantitative estimate of drug-likeness (QED) is 0.689. The van der Waals surface area contributed by atoms with E-state index in [4.69, 9.17) is 10.5 Å². The molecule has 0 radical (unpaired) electrons. The SMILES string of the molecule is CCC1CCC(Oc2c(Br)cc(CC(C)N)cc2Br)CC1. The van der Waals surface area contributed by atoms with E-state index in [0.29, 0.717) is 6.10 Å². The first-order valence-electron chi connectivity index (χ1n) is 7.89. The highest BCUT2D eigenvalue weighted by Gasteiger charge is 2.23. The van der Waals surface area contributed by atoms with Crippen molar-refractivity contribution in [1.82, 2.24) is 0 Å². The van der Waals surface area contributed by atoms with Gasteiger partial charge in [-0.05, 0) is 94.5 Å². The van der Waals surface area contributed by atoms with E-state index in [1.54, 1.807) is 0 Å². The van der Waals surface area contributed by atoms with Crippen LogP contribution in [0.2, 0.25) is 0 Å². The van der Waals surface area contributed by atoms with Crippen molar-refractivity contribution in [2.45, 2.75) is 64.5 Å². The maximum absolute atomic E-state index is 6.24. The summed E-state index contributed by atoms with van der Waals surface area (Å²) in [5.41, 5.74) is 7.10. The number of ether oxygens (including phenoxy) is 1. The Hall–Kier alpha value is -0.0600. The smallest absolute Gasteiger partial charge is 0.148 e. The van der Waals surface area contributed by atoms with Gasteiger partial charge >= 0.3 is 0 Å². The molecular formula is C17H25Br2NO. The molecule has 21 heavy (non-hydrogen) atoms. The molecule has 0 heterocycles. The van der Waals surface area contributed by atoms with Crippen molar-refractivity contribution in [3.63, 3.8) is 0 Å². The van der Waals surface area contributed by atoms with Crippen LogP contribution in [-0.4, -0.2) is 12.1 Å². The Morgan fingerprint density at radius 1 is 1.19 bits per heavy atom. The van der Waals surface area contributed by atoms with Gasteiger partial charge in [0.1, 0.15) is 5.75 Å². The molecule has 0 aliphatic heterocycles. The summed E-state index contributed by atoms with van der Waals surface area (Å²) >= 11 is 7.29. The summed E-state index contributed by atoms with van der Waals surface area (Å²) in [6.45, 7) is 4.31. The van der Waals surface area contributed by atoms with Crippen LogP contribution in [0.25, 0.3) is 0 Å². The van der Waals surface area contributed by atoms with Crippen molar-refractivity contribution in [3.8, 4) is 5.75 Å². The molecule has 4 heteroatoms. The van der Waals surface area contributed by atoms with Crippen LogP contribution in [-0.2, 0) is 6.42 Å². The van der Waals surface area contributed by atoms with Gasteiger partial charge in [-0.25, -0.2) is 0 Å². The van der Waals surface area contributed by atoms with E-state index in [-0.39, 0.29) is 6.04 Å². The molecule has 0 bridgehead atoms. The van der Waals surface area contributed by atoms with Gasteiger partial charge in [0.15, 0.2) is 0 Å². The van der Waals surface area contributed by atoms with Gasteiger partial charge in [-0.15, -0.1) is 0 Å².